The summed E-state index contributed by atoms with van der Waals surface area (Å²) in [5.74, 6) is -0.0109. The topological polar surface area (TPSA) is 29.5 Å². The Morgan fingerprint density at radius 2 is 1.95 bits per heavy atom. The minimum atomic E-state index is -1.03. The number of hydrogen-bond donors (Lipinski definition) is 1. The molecule has 4 heteroatoms. The lowest BCUT2D eigenvalue weighted by Crippen LogP contribution is -2.04. The van der Waals surface area contributed by atoms with E-state index in [2.05, 4.69) is 0 Å². The predicted octanol–water partition coefficient (Wildman–Crippen LogP) is 3.88. The second-order valence-corrected chi connectivity index (χ2v) is 4.67. The van der Waals surface area contributed by atoms with Crippen LogP contribution in [0.4, 0.5) is 4.39 Å². The van der Waals surface area contributed by atoms with E-state index in [0.717, 1.165) is 5.56 Å². The van der Waals surface area contributed by atoms with Crippen LogP contribution >= 0.6 is 11.6 Å². The summed E-state index contributed by atoms with van der Waals surface area (Å²) in [5, 5.41) is 10.3. The molecule has 100 valence electrons. The van der Waals surface area contributed by atoms with Gasteiger partial charge in [-0.1, -0.05) is 35.4 Å². The molecule has 0 amide bonds. The van der Waals surface area contributed by atoms with Crippen molar-refractivity contribution in [2.24, 2.45) is 0 Å². The van der Waals surface area contributed by atoms with Crippen LogP contribution in [-0.4, -0.2) is 12.2 Å². The minimum Gasteiger partial charge on any atom is -0.496 e. The maximum Gasteiger partial charge on any atom is 0.142 e. The highest BCUT2D eigenvalue weighted by molar-refractivity contribution is 6.31. The SMILES string of the molecule is COc1ccc(C)cc1C(O)c1cccc(F)c1Cl. The molecule has 0 saturated heterocycles. The summed E-state index contributed by atoms with van der Waals surface area (Å²) < 4.78 is 18.7. The molecule has 0 aliphatic rings. The van der Waals surface area contributed by atoms with Crippen LogP contribution in [0.25, 0.3) is 0 Å². The third kappa shape index (κ3) is 2.72. The third-order valence-electron chi connectivity index (χ3n) is 2.96. The molecule has 0 fully saturated rings. The van der Waals surface area contributed by atoms with Gasteiger partial charge >= 0.3 is 0 Å². The first-order valence-electron chi connectivity index (χ1n) is 5.81. The Bertz CT molecular complexity index is 599. The maximum absolute atomic E-state index is 13.4. The normalized spacial score (nSPS) is 12.3. The number of hydrogen-bond acceptors (Lipinski definition) is 2. The van der Waals surface area contributed by atoms with E-state index in [9.17, 15) is 9.50 Å². The molecule has 0 aromatic heterocycles. The van der Waals surface area contributed by atoms with Crippen LogP contribution in [0, 0.1) is 12.7 Å². The van der Waals surface area contributed by atoms with E-state index in [4.69, 9.17) is 16.3 Å². The highest BCUT2D eigenvalue weighted by Crippen LogP contribution is 2.34. The van der Waals surface area contributed by atoms with Crippen molar-refractivity contribution in [2.45, 2.75) is 13.0 Å². The molecular formula is C15H14ClFO2. The van der Waals surface area contributed by atoms with Gasteiger partial charge < -0.3 is 9.84 Å². The summed E-state index contributed by atoms with van der Waals surface area (Å²) in [6.45, 7) is 1.91. The van der Waals surface area contributed by atoms with Crippen molar-refractivity contribution >= 4 is 11.6 Å². The zero-order chi connectivity index (χ0) is 14.0. The summed E-state index contributed by atoms with van der Waals surface area (Å²) in [6.07, 6.45) is -1.03. The first kappa shape index (κ1) is 13.8. The summed E-state index contributed by atoms with van der Waals surface area (Å²) in [5.41, 5.74) is 1.86. The van der Waals surface area contributed by atoms with Gasteiger partial charge in [0.25, 0.3) is 0 Å². The van der Waals surface area contributed by atoms with E-state index in [1.165, 1.54) is 19.2 Å². The Morgan fingerprint density at radius 1 is 1.21 bits per heavy atom. The van der Waals surface area contributed by atoms with Gasteiger partial charge in [-0.25, -0.2) is 4.39 Å². The smallest absolute Gasteiger partial charge is 0.142 e. The van der Waals surface area contributed by atoms with E-state index < -0.39 is 11.9 Å². The average Bonchev–Trinajstić information content (AvgIpc) is 2.41. The molecule has 0 aliphatic carbocycles. The lowest BCUT2D eigenvalue weighted by atomic mass is 9.99. The first-order valence-corrected chi connectivity index (χ1v) is 6.19. The largest absolute Gasteiger partial charge is 0.496 e. The Balaban J connectivity index is 2.52. The summed E-state index contributed by atoms with van der Waals surface area (Å²) >= 11 is 5.90. The molecule has 0 bridgehead atoms. The molecule has 2 rings (SSSR count). The van der Waals surface area contributed by atoms with Gasteiger partial charge in [-0.15, -0.1) is 0 Å². The molecule has 1 N–H and O–H groups in total. The number of aryl methyl sites for hydroxylation is 1. The number of aliphatic hydroxyl groups is 1. The van der Waals surface area contributed by atoms with Crippen molar-refractivity contribution in [1.82, 2.24) is 0 Å². The van der Waals surface area contributed by atoms with Crippen molar-refractivity contribution in [3.63, 3.8) is 0 Å². The summed E-state index contributed by atoms with van der Waals surface area (Å²) in [4.78, 5) is 0. The number of methoxy groups -OCH3 is 1. The van der Waals surface area contributed by atoms with Crippen LogP contribution in [0.5, 0.6) is 5.75 Å². The highest BCUT2D eigenvalue weighted by Gasteiger charge is 2.19. The van der Waals surface area contributed by atoms with Crippen LogP contribution in [0.15, 0.2) is 36.4 Å². The van der Waals surface area contributed by atoms with Crippen LogP contribution < -0.4 is 4.74 Å². The van der Waals surface area contributed by atoms with Gasteiger partial charge in [0.15, 0.2) is 0 Å². The van der Waals surface area contributed by atoms with Crippen molar-refractivity contribution in [1.29, 1.82) is 0 Å². The van der Waals surface area contributed by atoms with Gasteiger partial charge in [0, 0.05) is 11.1 Å². The molecule has 1 unspecified atom stereocenters. The molecule has 0 saturated carbocycles. The maximum atomic E-state index is 13.4. The fourth-order valence-corrected chi connectivity index (χ4v) is 2.20. The monoisotopic (exact) mass is 280 g/mol. The third-order valence-corrected chi connectivity index (χ3v) is 3.35. The van der Waals surface area contributed by atoms with Crippen LogP contribution in [0.3, 0.4) is 0 Å². The fourth-order valence-electron chi connectivity index (χ4n) is 1.97. The lowest BCUT2D eigenvalue weighted by Gasteiger charge is -2.17. The van der Waals surface area contributed by atoms with Gasteiger partial charge in [-0.05, 0) is 25.1 Å². The number of aliphatic hydroxyl groups excluding tert-OH is 1. The molecule has 0 spiro atoms. The lowest BCUT2D eigenvalue weighted by molar-refractivity contribution is 0.214. The minimum absolute atomic E-state index is 0.0708. The quantitative estimate of drug-likeness (QED) is 0.924. The van der Waals surface area contributed by atoms with Gasteiger partial charge in [-0.3, -0.25) is 0 Å². The highest BCUT2D eigenvalue weighted by atomic mass is 35.5. The molecule has 2 aromatic carbocycles. The van der Waals surface area contributed by atoms with Gasteiger partial charge in [-0.2, -0.15) is 0 Å². The van der Waals surface area contributed by atoms with Crippen LogP contribution in [0.1, 0.15) is 22.8 Å². The van der Waals surface area contributed by atoms with E-state index in [0.29, 0.717) is 16.9 Å². The van der Waals surface area contributed by atoms with E-state index >= 15 is 0 Å². The van der Waals surface area contributed by atoms with E-state index in [-0.39, 0.29) is 5.02 Å². The number of rotatable bonds is 3. The van der Waals surface area contributed by atoms with Crippen LogP contribution in [-0.2, 0) is 0 Å². The Labute approximate surface area is 116 Å². The fraction of sp³-hybridized carbons (Fsp3) is 0.200. The molecule has 2 aromatic rings. The standard InChI is InChI=1S/C15H14ClFO2/c1-9-6-7-13(19-2)11(8-9)15(18)10-4-3-5-12(17)14(10)16/h3-8,15,18H,1-2H3. The Morgan fingerprint density at radius 3 is 2.63 bits per heavy atom. The molecule has 0 radical (unpaired) electrons. The van der Waals surface area contributed by atoms with E-state index in [1.807, 2.05) is 13.0 Å². The Kier molecular flexibility index (Phi) is 4.08. The van der Waals surface area contributed by atoms with Crippen LogP contribution in [0.2, 0.25) is 5.02 Å². The number of benzene rings is 2. The zero-order valence-electron chi connectivity index (χ0n) is 10.7. The molecule has 0 heterocycles. The molecule has 19 heavy (non-hydrogen) atoms. The van der Waals surface area contributed by atoms with Crippen molar-refractivity contribution < 1.29 is 14.2 Å². The summed E-state index contributed by atoms with van der Waals surface area (Å²) in [7, 11) is 1.52. The number of halogens is 2. The molecule has 0 aliphatic heterocycles. The molecule has 2 nitrogen and oxygen atoms in total. The Hall–Kier alpha value is -1.58. The second kappa shape index (κ2) is 5.59. The molecular weight excluding hydrogens is 267 g/mol. The first-order chi connectivity index (χ1) is 9.04. The molecule has 1 atom stereocenters. The van der Waals surface area contributed by atoms with Gasteiger partial charge in [0.05, 0.1) is 12.1 Å². The predicted molar refractivity (Wildman–Crippen MR) is 73.2 cm³/mol. The van der Waals surface area contributed by atoms with Crippen molar-refractivity contribution in [2.75, 3.05) is 7.11 Å². The van der Waals surface area contributed by atoms with Crippen molar-refractivity contribution in [3.05, 3.63) is 63.9 Å². The van der Waals surface area contributed by atoms with Gasteiger partial charge in [0.1, 0.15) is 17.7 Å². The number of ether oxygens (including phenoxy) is 1. The van der Waals surface area contributed by atoms with E-state index in [1.54, 1.807) is 18.2 Å². The average molecular weight is 281 g/mol. The summed E-state index contributed by atoms with van der Waals surface area (Å²) in [6, 6.07) is 9.81. The van der Waals surface area contributed by atoms with Gasteiger partial charge in [0.2, 0.25) is 0 Å². The van der Waals surface area contributed by atoms with Crippen molar-refractivity contribution in [3.8, 4) is 5.75 Å². The second-order valence-electron chi connectivity index (χ2n) is 4.29. The zero-order valence-corrected chi connectivity index (χ0v) is 11.4.